The van der Waals surface area contributed by atoms with Crippen molar-refractivity contribution in [1.82, 2.24) is 14.8 Å². The summed E-state index contributed by atoms with van der Waals surface area (Å²) in [5, 5.41) is 27.4. The van der Waals surface area contributed by atoms with Gasteiger partial charge >= 0.3 is 5.97 Å². The smallest absolute Gasteiger partial charge is 0.309 e. The summed E-state index contributed by atoms with van der Waals surface area (Å²) in [6.45, 7) is 7.30. The summed E-state index contributed by atoms with van der Waals surface area (Å²) in [6, 6.07) is 8.89. The molecular formula is C28H28F2N4O2. The average molecular weight is 491 g/mol. The van der Waals surface area contributed by atoms with Crippen molar-refractivity contribution < 1.29 is 18.7 Å². The quantitative estimate of drug-likeness (QED) is 0.328. The van der Waals surface area contributed by atoms with E-state index in [1.165, 1.54) is 6.07 Å². The largest absolute Gasteiger partial charge is 0.481 e. The number of hydrogen-bond donors (Lipinski definition) is 2. The van der Waals surface area contributed by atoms with Gasteiger partial charge in [0.2, 0.25) is 0 Å². The number of aromatic amines is 1. The molecule has 0 amide bonds. The molecule has 0 spiro atoms. The Kier molecular flexibility index (Phi) is 5.43. The van der Waals surface area contributed by atoms with Crippen LogP contribution in [0.5, 0.6) is 0 Å². The predicted molar refractivity (Wildman–Crippen MR) is 133 cm³/mol. The van der Waals surface area contributed by atoms with Gasteiger partial charge < -0.3 is 9.67 Å². The Morgan fingerprint density at radius 3 is 2.75 bits per heavy atom. The number of aliphatic carboxylic acids is 1. The SMILES string of the molecule is Cc1cc(-n2c(C(C)(C)CC#N)c([C@@H]3CC[C@@](C)(C(=O)O)C3)c3c(F)c4[nH]ncc4cc32)ccc1F. The van der Waals surface area contributed by atoms with Gasteiger partial charge in [0.1, 0.15) is 11.3 Å². The summed E-state index contributed by atoms with van der Waals surface area (Å²) < 4.78 is 32.4. The van der Waals surface area contributed by atoms with E-state index in [4.69, 9.17) is 0 Å². The van der Waals surface area contributed by atoms with Crippen LogP contribution < -0.4 is 0 Å². The van der Waals surface area contributed by atoms with Crippen molar-refractivity contribution in [3.8, 4) is 11.8 Å². The molecular weight excluding hydrogens is 462 g/mol. The standard InChI is InChI=1S/C28H28F2N4O2/c1-15-11-18(5-6-19(15)29)34-20-12-17-14-32-33-24(17)23(30)22(20)21(25(34)27(2,3)9-10-31)16-7-8-28(4,13-16)26(35)36/h5-6,11-12,14,16H,7-9,13H2,1-4H3,(H,32,33)(H,35,36)/t16-,28-/m1/s1. The monoisotopic (exact) mass is 490 g/mol. The first-order chi connectivity index (χ1) is 17.0. The topological polar surface area (TPSA) is 94.7 Å². The molecule has 2 heterocycles. The van der Waals surface area contributed by atoms with E-state index in [0.29, 0.717) is 46.8 Å². The van der Waals surface area contributed by atoms with E-state index in [1.807, 2.05) is 24.5 Å². The molecule has 4 aromatic rings. The number of rotatable bonds is 5. The maximum Gasteiger partial charge on any atom is 0.309 e. The number of fused-ring (bicyclic) bond motifs is 2. The van der Waals surface area contributed by atoms with Crippen molar-refractivity contribution in [2.24, 2.45) is 5.41 Å². The van der Waals surface area contributed by atoms with Crippen molar-refractivity contribution in [3.63, 3.8) is 0 Å². The average Bonchev–Trinajstić information content (AvgIpc) is 3.52. The molecule has 2 aromatic carbocycles. The normalized spacial score (nSPS) is 20.3. The van der Waals surface area contributed by atoms with Gasteiger partial charge in [-0.2, -0.15) is 10.4 Å². The molecule has 2 aromatic heterocycles. The Labute approximate surface area is 207 Å². The van der Waals surface area contributed by atoms with Gasteiger partial charge in [-0.1, -0.05) is 13.8 Å². The number of carbonyl (C=O) groups is 1. The Morgan fingerprint density at radius 1 is 1.36 bits per heavy atom. The lowest BCUT2D eigenvalue weighted by molar-refractivity contribution is -0.147. The van der Waals surface area contributed by atoms with Crippen molar-refractivity contribution in [2.45, 2.75) is 64.7 Å². The van der Waals surface area contributed by atoms with Gasteiger partial charge in [-0.05, 0) is 74.4 Å². The number of H-pyrrole nitrogens is 1. The number of aromatic nitrogens is 3. The third kappa shape index (κ3) is 3.48. The molecule has 0 bridgehead atoms. The highest BCUT2D eigenvalue weighted by molar-refractivity contribution is 6.00. The summed E-state index contributed by atoms with van der Waals surface area (Å²) in [6.07, 6.45) is 3.14. The lowest BCUT2D eigenvalue weighted by Crippen LogP contribution is -2.25. The minimum absolute atomic E-state index is 0.167. The fraction of sp³-hybridized carbons (Fsp3) is 0.393. The number of nitrogens with zero attached hydrogens (tertiary/aromatic N) is 3. The van der Waals surface area contributed by atoms with Crippen LogP contribution in [0.15, 0.2) is 30.5 Å². The Balaban J connectivity index is 1.94. The third-order valence-corrected chi connectivity index (χ3v) is 7.87. The van der Waals surface area contributed by atoms with Crippen LogP contribution >= 0.6 is 0 Å². The van der Waals surface area contributed by atoms with E-state index in [0.717, 1.165) is 11.3 Å². The molecule has 36 heavy (non-hydrogen) atoms. The maximum absolute atomic E-state index is 16.3. The zero-order valence-corrected chi connectivity index (χ0v) is 20.7. The van der Waals surface area contributed by atoms with Crippen LogP contribution in [0.2, 0.25) is 0 Å². The van der Waals surface area contributed by atoms with Gasteiger partial charge in [0.05, 0.1) is 23.2 Å². The maximum atomic E-state index is 16.3. The van der Waals surface area contributed by atoms with Crippen molar-refractivity contribution in [1.29, 1.82) is 5.26 Å². The van der Waals surface area contributed by atoms with Gasteiger partial charge in [0.25, 0.3) is 0 Å². The van der Waals surface area contributed by atoms with Crippen LogP contribution in [-0.4, -0.2) is 25.8 Å². The first kappa shape index (κ1) is 24.0. The summed E-state index contributed by atoms with van der Waals surface area (Å²) in [7, 11) is 0. The van der Waals surface area contributed by atoms with Crippen molar-refractivity contribution in [2.75, 3.05) is 0 Å². The summed E-state index contributed by atoms with van der Waals surface area (Å²) in [5.74, 6) is -1.88. The Hall–Kier alpha value is -3.73. The number of carboxylic acids is 1. The highest BCUT2D eigenvalue weighted by atomic mass is 19.1. The lowest BCUT2D eigenvalue weighted by Gasteiger charge is -2.28. The molecule has 0 saturated heterocycles. The van der Waals surface area contributed by atoms with Crippen molar-refractivity contribution >= 4 is 27.8 Å². The van der Waals surface area contributed by atoms with Crippen LogP contribution in [0.3, 0.4) is 0 Å². The number of aryl methyl sites for hydroxylation is 1. The first-order valence-corrected chi connectivity index (χ1v) is 12.1. The highest BCUT2D eigenvalue weighted by Crippen LogP contribution is 2.53. The lowest BCUT2D eigenvalue weighted by atomic mass is 9.78. The molecule has 0 aliphatic heterocycles. The fourth-order valence-corrected chi connectivity index (χ4v) is 5.89. The van der Waals surface area contributed by atoms with E-state index in [-0.39, 0.29) is 23.7 Å². The molecule has 1 saturated carbocycles. The molecule has 8 heteroatoms. The second-order valence-electron chi connectivity index (χ2n) is 11.0. The number of nitriles is 1. The van der Waals surface area contributed by atoms with Crippen LogP contribution in [0.1, 0.15) is 69.2 Å². The number of carboxylic acid groups (broad SMARTS) is 1. The Morgan fingerprint density at radius 2 is 2.11 bits per heavy atom. The van der Waals surface area contributed by atoms with Gasteiger partial charge in [0, 0.05) is 34.0 Å². The molecule has 2 N–H and O–H groups in total. The van der Waals surface area contributed by atoms with E-state index >= 15 is 4.39 Å². The number of nitrogens with one attached hydrogen (secondary N) is 1. The molecule has 1 aliphatic rings. The molecule has 0 unspecified atom stereocenters. The van der Waals surface area contributed by atoms with Crippen LogP contribution in [0, 0.1) is 35.3 Å². The summed E-state index contributed by atoms with van der Waals surface area (Å²) >= 11 is 0. The van der Waals surface area contributed by atoms with E-state index < -0.39 is 22.6 Å². The third-order valence-electron chi connectivity index (χ3n) is 7.87. The van der Waals surface area contributed by atoms with Gasteiger partial charge in [-0.3, -0.25) is 9.89 Å². The molecule has 1 aliphatic carbocycles. The van der Waals surface area contributed by atoms with Crippen LogP contribution in [0.25, 0.3) is 27.5 Å². The second kappa shape index (κ2) is 8.16. The first-order valence-electron chi connectivity index (χ1n) is 12.1. The zero-order chi connectivity index (χ0) is 26.0. The molecule has 186 valence electrons. The fourth-order valence-electron chi connectivity index (χ4n) is 5.89. The van der Waals surface area contributed by atoms with Gasteiger partial charge in [0.15, 0.2) is 5.82 Å². The van der Waals surface area contributed by atoms with Crippen LogP contribution in [-0.2, 0) is 10.2 Å². The van der Waals surface area contributed by atoms with Gasteiger partial charge in [-0.15, -0.1) is 0 Å². The second-order valence-corrected chi connectivity index (χ2v) is 11.0. The molecule has 5 rings (SSSR count). The van der Waals surface area contributed by atoms with Crippen LogP contribution in [0.4, 0.5) is 8.78 Å². The number of halogens is 2. The van der Waals surface area contributed by atoms with E-state index in [1.54, 1.807) is 32.2 Å². The van der Waals surface area contributed by atoms with E-state index in [9.17, 15) is 19.6 Å². The number of hydrogen-bond acceptors (Lipinski definition) is 3. The molecule has 2 atom stereocenters. The summed E-state index contributed by atoms with van der Waals surface area (Å²) in [5.41, 5.74) is 1.84. The molecule has 6 nitrogen and oxygen atoms in total. The Bertz CT molecular complexity index is 1580. The minimum atomic E-state index is -0.920. The molecule has 1 fully saturated rings. The summed E-state index contributed by atoms with van der Waals surface area (Å²) in [4.78, 5) is 12.1. The van der Waals surface area contributed by atoms with E-state index in [2.05, 4.69) is 16.3 Å². The predicted octanol–water partition coefficient (Wildman–Crippen LogP) is 6.64. The van der Waals surface area contributed by atoms with Gasteiger partial charge in [-0.25, -0.2) is 8.78 Å². The zero-order valence-electron chi connectivity index (χ0n) is 20.7. The highest BCUT2D eigenvalue weighted by Gasteiger charge is 2.45. The number of benzene rings is 2. The van der Waals surface area contributed by atoms with Crippen molar-refractivity contribution in [3.05, 3.63) is 58.9 Å². The minimum Gasteiger partial charge on any atom is -0.481 e. The molecule has 0 radical (unpaired) electrons.